The van der Waals surface area contributed by atoms with Gasteiger partial charge in [0.15, 0.2) is 0 Å². The maximum Gasteiger partial charge on any atom is 0.226 e. The molecule has 1 saturated heterocycles. The molecule has 1 aliphatic heterocycles. The van der Waals surface area contributed by atoms with Crippen molar-refractivity contribution >= 4 is 0 Å². The highest BCUT2D eigenvalue weighted by atomic mass is 16.5. The van der Waals surface area contributed by atoms with E-state index in [1.165, 1.54) is 25.9 Å². The molecule has 23 heavy (non-hydrogen) atoms. The van der Waals surface area contributed by atoms with Gasteiger partial charge < -0.3 is 19.4 Å². The first-order chi connectivity index (χ1) is 11.3. The quantitative estimate of drug-likeness (QED) is 0.759. The molecule has 2 aromatic rings. The average Bonchev–Trinajstić information content (AvgIpc) is 3.24. The van der Waals surface area contributed by atoms with Gasteiger partial charge in [-0.25, -0.2) is 4.98 Å². The summed E-state index contributed by atoms with van der Waals surface area (Å²) < 4.78 is 11.1. The van der Waals surface area contributed by atoms with Crippen molar-refractivity contribution in [2.45, 2.75) is 26.3 Å². The van der Waals surface area contributed by atoms with Crippen molar-refractivity contribution < 1.29 is 9.15 Å². The number of hydrogen-bond donors (Lipinski definition) is 1. The zero-order valence-electron chi connectivity index (χ0n) is 13.8. The van der Waals surface area contributed by atoms with Crippen molar-refractivity contribution in [1.82, 2.24) is 15.2 Å². The molecule has 1 fully saturated rings. The minimum absolute atomic E-state index is 0.642. The Morgan fingerprint density at radius 2 is 2.17 bits per heavy atom. The standard InChI is InChI=1S/C18H25N3O2/c1-2-22-17-7-5-6-15(12-17)18-20-16(14-23-18)13-19-8-11-21-9-3-4-10-21/h5-7,12,14,19H,2-4,8-11,13H2,1H3. The van der Waals surface area contributed by atoms with Gasteiger partial charge in [0, 0.05) is 25.2 Å². The summed E-state index contributed by atoms with van der Waals surface area (Å²) in [6.07, 6.45) is 4.41. The number of oxazole rings is 1. The maximum absolute atomic E-state index is 5.60. The number of hydrogen-bond acceptors (Lipinski definition) is 5. The molecule has 1 aromatic carbocycles. The molecule has 5 heteroatoms. The molecule has 0 saturated carbocycles. The lowest BCUT2D eigenvalue weighted by atomic mass is 10.2. The molecule has 5 nitrogen and oxygen atoms in total. The molecule has 0 bridgehead atoms. The lowest BCUT2D eigenvalue weighted by Gasteiger charge is -2.14. The summed E-state index contributed by atoms with van der Waals surface area (Å²) >= 11 is 0. The normalized spacial score (nSPS) is 15.2. The lowest BCUT2D eigenvalue weighted by Crippen LogP contribution is -2.29. The molecule has 0 radical (unpaired) electrons. The minimum Gasteiger partial charge on any atom is -0.494 e. The molecule has 0 aliphatic carbocycles. The van der Waals surface area contributed by atoms with Crippen LogP contribution >= 0.6 is 0 Å². The summed E-state index contributed by atoms with van der Waals surface area (Å²) in [7, 11) is 0. The van der Waals surface area contributed by atoms with E-state index in [-0.39, 0.29) is 0 Å². The predicted molar refractivity (Wildman–Crippen MR) is 90.5 cm³/mol. The van der Waals surface area contributed by atoms with Gasteiger partial charge in [0.2, 0.25) is 5.89 Å². The zero-order valence-corrected chi connectivity index (χ0v) is 13.8. The summed E-state index contributed by atoms with van der Waals surface area (Å²) in [5.74, 6) is 1.48. The third kappa shape index (κ3) is 4.56. The fourth-order valence-electron chi connectivity index (χ4n) is 2.87. The first-order valence-electron chi connectivity index (χ1n) is 8.46. The topological polar surface area (TPSA) is 50.5 Å². The van der Waals surface area contributed by atoms with Crippen LogP contribution in [0.15, 0.2) is 34.9 Å². The highest BCUT2D eigenvalue weighted by Gasteiger charge is 2.11. The van der Waals surface area contributed by atoms with Crippen LogP contribution in [0.1, 0.15) is 25.5 Å². The molecule has 0 unspecified atom stereocenters. The Balaban J connectivity index is 1.50. The summed E-state index contributed by atoms with van der Waals surface area (Å²) in [6, 6.07) is 7.84. The van der Waals surface area contributed by atoms with Gasteiger partial charge in [0.05, 0.1) is 12.3 Å². The van der Waals surface area contributed by atoms with Crippen LogP contribution in [0.2, 0.25) is 0 Å². The van der Waals surface area contributed by atoms with Gasteiger partial charge in [-0.15, -0.1) is 0 Å². The van der Waals surface area contributed by atoms with E-state index in [1.54, 1.807) is 6.26 Å². The molecule has 124 valence electrons. The van der Waals surface area contributed by atoms with Gasteiger partial charge in [-0.2, -0.15) is 0 Å². The fraction of sp³-hybridized carbons (Fsp3) is 0.500. The number of aromatic nitrogens is 1. The van der Waals surface area contributed by atoms with E-state index < -0.39 is 0 Å². The average molecular weight is 315 g/mol. The van der Waals surface area contributed by atoms with Crippen molar-refractivity contribution in [2.75, 3.05) is 32.8 Å². The summed E-state index contributed by atoms with van der Waals surface area (Å²) in [6.45, 7) is 7.95. The van der Waals surface area contributed by atoms with Crippen LogP contribution in [0.4, 0.5) is 0 Å². The third-order valence-electron chi connectivity index (χ3n) is 4.05. The van der Waals surface area contributed by atoms with E-state index in [2.05, 4.69) is 15.2 Å². The predicted octanol–water partition coefficient (Wildman–Crippen LogP) is 2.93. The largest absolute Gasteiger partial charge is 0.494 e. The highest BCUT2D eigenvalue weighted by molar-refractivity contribution is 5.55. The van der Waals surface area contributed by atoms with Crippen LogP contribution in [0, 0.1) is 0 Å². The highest BCUT2D eigenvalue weighted by Crippen LogP contribution is 2.23. The summed E-state index contributed by atoms with van der Waals surface area (Å²) in [5, 5.41) is 3.44. The Morgan fingerprint density at radius 1 is 1.30 bits per heavy atom. The second-order valence-electron chi connectivity index (χ2n) is 5.83. The molecule has 3 rings (SSSR count). The minimum atomic E-state index is 0.642. The number of nitrogens with zero attached hydrogens (tertiary/aromatic N) is 2. The van der Waals surface area contributed by atoms with Gasteiger partial charge in [0.25, 0.3) is 0 Å². The number of likely N-dealkylation sites (tertiary alicyclic amines) is 1. The van der Waals surface area contributed by atoms with Crippen LogP contribution in [0.25, 0.3) is 11.5 Å². The Labute approximate surface area is 137 Å². The first-order valence-corrected chi connectivity index (χ1v) is 8.46. The van der Waals surface area contributed by atoms with E-state index in [0.717, 1.165) is 36.6 Å². The van der Waals surface area contributed by atoms with Gasteiger partial charge >= 0.3 is 0 Å². The number of rotatable bonds is 8. The van der Waals surface area contributed by atoms with Crippen molar-refractivity contribution in [3.63, 3.8) is 0 Å². The van der Waals surface area contributed by atoms with Crippen LogP contribution in [-0.4, -0.2) is 42.7 Å². The van der Waals surface area contributed by atoms with Gasteiger partial charge in [-0.05, 0) is 51.1 Å². The molecule has 1 aliphatic rings. The number of nitrogens with one attached hydrogen (secondary N) is 1. The third-order valence-corrected chi connectivity index (χ3v) is 4.05. The SMILES string of the molecule is CCOc1cccc(-c2nc(CNCCN3CCCC3)co2)c1. The van der Waals surface area contributed by atoms with Crippen molar-refractivity contribution in [1.29, 1.82) is 0 Å². The molecular formula is C18H25N3O2. The fourth-order valence-corrected chi connectivity index (χ4v) is 2.87. The smallest absolute Gasteiger partial charge is 0.226 e. The molecule has 0 spiro atoms. The Bertz CT molecular complexity index is 606. The Hall–Kier alpha value is -1.85. The monoisotopic (exact) mass is 315 g/mol. The van der Waals surface area contributed by atoms with Crippen LogP contribution < -0.4 is 10.1 Å². The maximum atomic E-state index is 5.60. The van der Waals surface area contributed by atoms with Gasteiger partial charge in [0.1, 0.15) is 12.0 Å². The molecular weight excluding hydrogens is 290 g/mol. The Morgan fingerprint density at radius 3 is 3.00 bits per heavy atom. The Kier molecular flexibility index (Phi) is 5.66. The lowest BCUT2D eigenvalue weighted by molar-refractivity contribution is 0.335. The van der Waals surface area contributed by atoms with E-state index in [0.29, 0.717) is 12.5 Å². The van der Waals surface area contributed by atoms with Crippen molar-refractivity contribution in [2.24, 2.45) is 0 Å². The van der Waals surface area contributed by atoms with Gasteiger partial charge in [-0.3, -0.25) is 0 Å². The summed E-state index contributed by atoms with van der Waals surface area (Å²) in [5.41, 5.74) is 1.88. The van der Waals surface area contributed by atoms with E-state index in [1.807, 2.05) is 31.2 Å². The molecule has 1 N–H and O–H groups in total. The molecule has 2 heterocycles. The molecule has 0 amide bonds. The number of benzene rings is 1. The van der Waals surface area contributed by atoms with Crippen LogP contribution in [0.5, 0.6) is 5.75 Å². The van der Waals surface area contributed by atoms with E-state index >= 15 is 0 Å². The van der Waals surface area contributed by atoms with Crippen LogP contribution in [-0.2, 0) is 6.54 Å². The zero-order chi connectivity index (χ0) is 15.9. The van der Waals surface area contributed by atoms with E-state index in [9.17, 15) is 0 Å². The first kappa shape index (κ1) is 16.0. The summed E-state index contributed by atoms with van der Waals surface area (Å²) in [4.78, 5) is 7.05. The van der Waals surface area contributed by atoms with Gasteiger partial charge in [-0.1, -0.05) is 6.07 Å². The van der Waals surface area contributed by atoms with Crippen molar-refractivity contribution in [3.05, 3.63) is 36.2 Å². The number of ether oxygens (including phenoxy) is 1. The molecule has 0 atom stereocenters. The van der Waals surface area contributed by atoms with E-state index in [4.69, 9.17) is 9.15 Å². The molecule has 1 aromatic heterocycles. The van der Waals surface area contributed by atoms with Crippen molar-refractivity contribution in [3.8, 4) is 17.2 Å². The second-order valence-corrected chi connectivity index (χ2v) is 5.83. The second kappa shape index (κ2) is 8.13. The van der Waals surface area contributed by atoms with Crippen LogP contribution in [0.3, 0.4) is 0 Å².